The van der Waals surface area contributed by atoms with Gasteiger partial charge in [-0.25, -0.2) is 13.9 Å². The largest absolute Gasteiger partial charge is 0.478 e. The quantitative estimate of drug-likeness (QED) is 0.688. The number of hydrogen-bond acceptors (Lipinski definition) is 1. The third-order valence-corrected chi connectivity index (χ3v) is 2.05. The van der Waals surface area contributed by atoms with Crippen molar-refractivity contribution in [2.45, 2.75) is 33.4 Å². The Bertz CT molecular complexity index is 305. The molecule has 4 heteroatoms. The van der Waals surface area contributed by atoms with Crippen molar-refractivity contribution in [3.63, 3.8) is 0 Å². The molecule has 0 aliphatic rings. The first-order valence-corrected chi connectivity index (χ1v) is 4.48. The Kier molecular flexibility index (Phi) is 3.06. The molecule has 0 fully saturated rings. The summed E-state index contributed by atoms with van der Waals surface area (Å²) in [5.41, 5.74) is 0. The predicted molar refractivity (Wildman–Crippen MR) is 47.3 cm³/mol. The summed E-state index contributed by atoms with van der Waals surface area (Å²) in [7, 11) is 0. The lowest BCUT2D eigenvalue weighted by Gasteiger charge is -1.98. The number of rotatable bonds is 4. The van der Waals surface area contributed by atoms with E-state index in [0.29, 0.717) is 0 Å². The number of aromatic nitrogens is 2. The number of carbonyl (C=O) groups is 1. The lowest BCUT2D eigenvalue weighted by atomic mass is 10.4. The molecular formula is C9H15N2O2+. The molecule has 0 radical (unpaired) electrons. The van der Waals surface area contributed by atoms with E-state index >= 15 is 0 Å². The lowest BCUT2D eigenvalue weighted by Crippen LogP contribution is -2.40. The van der Waals surface area contributed by atoms with Crippen LogP contribution >= 0.6 is 0 Å². The Morgan fingerprint density at radius 2 is 2.31 bits per heavy atom. The van der Waals surface area contributed by atoms with Crippen molar-refractivity contribution >= 4 is 5.97 Å². The van der Waals surface area contributed by atoms with Gasteiger partial charge >= 0.3 is 5.97 Å². The van der Waals surface area contributed by atoms with Gasteiger partial charge in [-0.15, -0.1) is 0 Å². The van der Waals surface area contributed by atoms with Crippen LogP contribution in [0.3, 0.4) is 0 Å². The molecule has 72 valence electrons. The molecule has 0 unspecified atom stereocenters. The maximum atomic E-state index is 10.5. The van der Waals surface area contributed by atoms with Crippen LogP contribution in [0, 0.1) is 0 Å². The molecule has 1 aromatic rings. The van der Waals surface area contributed by atoms with Crippen molar-refractivity contribution in [1.29, 1.82) is 0 Å². The zero-order valence-corrected chi connectivity index (χ0v) is 8.03. The maximum absolute atomic E-state index is 10.5. The Balaban J connectivity index is 2.93. The molecule has 0 atom stereocenters. The Hall–Kier alpha value is -1.32. The van der Waals surface area contributed by atoms with Crippen molar-refractivity contribution in [3.8, 4) is 0 Å². The fraction of sp³-hybridized carbons (Fsp3) is 0.556. The molecule has 0 saturated heterocycles. The van der Waals surface area contributed by atoms with Crippen molar-refractivity contribution in [2.24, 2.45) is 0 Å². The van der Waals surface area contributed by atoms with Crippen molar-refractivity contribution < 1.29 is 14.5 Å². The monoisotopic (exact) mass is 183 g/mol. The Morgan fingerprint density at radius 3 is 2.77 bits per heavy atom. The van der Waals surface area contributed by atoms with Gasteiger partial charge in [-0.1, -0.05) is 6.92 Å². The normalized spacial score (nSPS) is 10.3. The maximum Gasteiger partial charge on any atom is 0.346 e. The number of hydrogen-bond donors (Lipinski definition) is 1. The number of carboxylic acid groups (broad SMARTS) is 1. The zero-order chi connectivity index (χ0) is 9.84. The highest BCUT2D eigenvalue weighted by Gasteiger charge is 2.15. The molecule has 0 aliphatic carbocycles. The number of carboxylic acids is 1. The van der Waals surface area contributed by atoms with Crippen LogP contribution in [0.1, 0.15) is 19.7 Å². The molecule has 4 nitrogen and oxygen atoms in total. The van der Waals surface area contributed by atoms with Gasteiger partial charge in [-0.2, -0.15) is 0 Å². The summed E-state index contributed by atoms with van der Waals surface area (Å²) in [5.74, 6) is 0.262. The van der Waals surface area contributed by atoms with Gasteiger partial charge in [0.2, 0.25) is 0 Å². The summed E-state index contributed by atoms with van der Waals surface area (Å²) >= 11 is 0. The van der Waals surface area contributed by atoms with E-state index in [2.05, 4.69) is 4.57 Å². The summed E-state index contributed by atoms with van der Waals surface area (Å²) in [4.78, 5) is 10.5. The number of aliphatic carboxylic acids is 1. The summed E-state index contributed by atoms with van der Waals surface area (Å²) in [5, 5.41) is 8.64. The zero-order valence-electron chi connectivity index (χ0n) is 8.03. The fourth-order valence-corrected chi connectivity index (χ4v) is 1.48. The first kappa shape index (κ1) is 9.77. The summed E-state index contributed by atoms with van der Waals surface area (Å²) < 4.78 is 3.83. The van der Waals surface area contributed by atoms with E-state index in [1.807, 2.05) is 26.2 Å². The molecular weight excluding hydrogens is 168 g/mol. The number of imidazole rings is 1. The van der Waals surface area contributed by atoms with Crippen LogP contribution in [0.15, 0.2) is 12.4 Å². The van der Waals surface area contributed by atoms with Gasteiger partial charge < -0.3 is 5.11 Å². The summed E-state index contributed by atoms with van der Waals surface area (Å²) in [6.07, 6.45) is 4.59. The summed E-state index contributed by atoms with van der Waals surface area (Å²) in [6.45, 7) is 5.01. The van der Waals surface area contributed by atoms with Crippen LogP contribution in [0.2, 0.25) is 0 Å². The first-order valence-electron chi connectivity index (χ1n) is 4.48. The van der Waals surface area contributed by atoms with Gasteiger partial charge in [0.05, 0.1) is 6.54 Å². The molecule has 0 spiro atoms. The molecule has 1 aromatic heterocycles. The first-order chi connectivity index (χ1) is 6.19. The van der Waals surface area contributed by atoms with E-state index in [1.54, 1.807) is 4.57 Å². The second-order valence-electron chi connectivity index (χ2n) is 2.88. The van der Waals surface area contributed by atoms with Gasteiger partial charge in [0.15, 0.2) is 6.54 Å². The van der Waals surface area contributed by atoms with E-state index < -0.39 is 5.97 Å². The highest BCUT2D eigenvalue weighted by atomic mass is 16.4. The van der Waals surface area contributed by atoms with Crippen LogP contribution < -0.4 is 4.57 Å². The van der Waals surface area contributed by atoms with Crippen molar-refractivity contribution in [1.82, 2.24) is 4.57 Å². The third kappa shape index (κ3) is 2.08. The molecule has 1 rings (SSSR count). The van der Waals surface area contributed by atoms with Crippen molar-refractivity contribution in [3.05, 3.63) is 18.2 Å². The molecule has 0 aliphatic heterocycles. The fourth-order valence-electron chi connectivity index (χ4n) is 1.48. The van der Waals surface area contributed by atoms with Crippen LogP contribution in [-0.2, 0) is 24.3 Å². The van der Waals surface area contributed by atoms with Gasteiger partial charge in [0, 0.05) is 6.42 Å². The van der Waals surface area contributed by atoms with E-state index in [0.717, 1.165) is 18.8 Å². The van der Waals surface area contributed by atoms with Crippen LogP contribution in [0.4, 0.5) is 0 Å². The molecule has 13 heavy (non-hydrogen) atoms. The van der Waals surface area contributed by atoms with E-state index in [1.165, 1.54) is 0 Å². The van der Waals surface area contributed by atoms with Crippen molar-refractivity contribution in [2.75, 3.05) is 0 Å². The third-order valence-electron chi connectivity index (χ3n) is 2.05. The van der Waals surface area contributed by atoms with Gasteiger partial charge in [0.1, 0.15) is 12.4 Å². The van der Waals surface area contributed by atoms with Crippen LogP contribution in [0.5, 0.6) is 0 Å². The van der Waals surface area contributed by atoms with Gasteiger partial charge in [0.25, 0.3) is 5.82 Å². The highest BCUT2D eigenvalue weighted by Crippen LogP contribution is 1.96. The average Bonchev–Trinajstić information content (AvgIpc) is 2.45. The lowest BCUT2D eigenvalue weighted by molar-refractivity contribution is -0.692. The number of nitrogens with zero attached hydrogens (tertiary/aromatic N) is 2. The minimum absolute atomic E-state index is 0.0518. The molecule has 1 N–H and O–H groups in total. The molecule has 0 saturated carbocycles. The molecule has 0 aromatic carbocycles. The molecule has 0 amide bonds. The Labute approximate surface area is 77.4 Å². The second-order valence-corrected chi connectivity index (χ2v) is 2.88. The minimum atomic E-state index is -0.798. The van der Waals surface area contributed by atoms with Gasteiger partial charge in [-0.3, -0.25) is 0 Å². The summed E-state index contributed by atoms with van der Waals surface area (Å²) in [6, 6.07) is 0. The molecule has 1 heterocycles. The topological polar surface area (TPSA) is 46.1 Å². The SMILES string of the molecule is CCc1n(CC)cc[n+]1CC(=O)O. The predicted octanol–water partition coefficient (Wildman–Crippen LogP) is 0.442. The molecule has 0 bridgehead atoms. The second kappa shape index (κ2) is 4.07. The van der Waals surface area contributed by atoms with E-state index in [-0.39, 0.29) is 6.54 Å². The standard InChI is InChI=1S/C9H14N2O2/c1-3-8-10(4-2)5-6-11(8)7-9(12)13/h5-6H,3-4,7H2,1-2H3/p+1. The Morgan fingerprint density at radius 1 is 1.62 bits per heavy atom. The number of aryl methyl sites for hydroxylation is 1. The van der Waals surface area contributed by atoms with E-state index in [4.69, 9.17) is 5.11 Å². The van der Waals surface area contributed by atoms with Gasteiger partial charge in [-0.05, 0) is 6.92 Å². The minimum Gasteiger partial charge on any atom is -0.478 e. The van der Waals surface area contributed by atoms with E-state index in [9.17, 15) is 4.79 Å². The smallest absolute Gasteiger partial charge is 0.346 e. The van der Waals surface area contributed by atoms with Crippen LogP contribution in [0.25, 0.3) is 0 Å². The highest BCUT2D eigenvalue weighted by molar-refractivity contribution is 5.64. The van der Waals surface area contributed by atoms with Crippen LogP contribution in [-0.4, -0.2) is 15.6 Å². The average molecular weight is 183 g/mol.